The van der Waals surface area contributed by atoms with Crippen molar-refractivity contribution in [2.45, 2.75) is 37.8 Å². The van der Waals surface area contributed by atoms with Crippen molar-refractivity contribution in [1.82, 2.24) is 14.5 Å². The first-order chi connectivity index (χ1) is 16.2. The zero-order valence-electron chi connectivity index (χ0n) is 19.0. The summed E-state index contributed by atoms with van der Waals surface area (Å²) >= 11 is 0. The maximum Gasteiger partial charge on any atom is 0.290 e. The fourth-order valence-electron chi connectivity index (χ4n) is 5.27. The minimum Gasteiger partial charge on any atom is -0.332 e. The van der Waals surface area contributed by atoms with E-state index in [2.05, 4.69) is 77.5 Å². The van der Waals surface area contributed by atoms with E-state index in [9.17, 15) is 4.79 Å². The van der Waals surface area contributed by atoms with Crippen LogP contribution in [0.1, 0.15) is 47.1 Å². The van der Waals surface area contributed by atoms with Crippen LogP contribution in [0.15, 0.2) is 103 Å². The third kappa shape index (κ3) is 3.97. The number of aromatic nitrogens is 2. The standard InChI is InChI=1S/C29H29N3O/c1-29(24-14-7-3-8-15-24,25-16-9-4-10-17-25)26-18-11-20-32(26)28(33)27-30-19-21-31(27)22-23-12-5-2-6-13-23/h2-10,12-17,19,21,26H,11,18,20,22H2,1H3/t26-/m0/s1. The van der Waals surface area contributed by atoms with Crippen molar-refractivity contribution in [2.75, 3.05) is 6.54 Å². The van der Waals surface area contributed by atoms with Crippen molar-refractivity contribution < 1.29 is 4.79 Å². The maximum atomic E-state index is 13.9. The van der Waals surface area contributed by atoms with Crippen molar-refractivity contribution >= 4 is 5.91 Å². The highest BCUT2D eigenvalue weighted by Gasteiger charge is 2.45. The smallest absolute Gasteiger partial charge is 0.290 e. The fraction of sp³-hybridized carbons (Fsp3) is 0.241. The summed E-state index contributed by atoms with van der Waals surface area (Å²) in [5.74, 6) is 0.519. The predicted molar refractivity (Wildman–Crippen MR) is 131 cm³/mol. The second-order valence-corrected chi connectivity index (χ2v) is 8.96. The van der Waals surface area contributed by atoms with Gasteiger partial charge in [0.15, 0.2) is 5.82 Å². The average molecular weight is 436 g/mol. The summed E-state index contributed by atoms with van der Waals surface area (Å²) in [6.45, 7) is 3.66. The molecule has 0 spiro atoms. The highest BCUT2D eigenvalue weighted by atomic mass is 16.2. The summed E-state index contributed by atoms with van der Waals surface area (Å²) in [6, 6.07) is 31.4. The van der Waals surface area contributed by atoms with Gasteiger partial charge in [-0.25, -0.2) is 4.98 Å². The lowest BCUT2D eigenvalue weighted by molar-refractivity contribution is 0.0671. The van der Waals surface area contributed by atoms with Crippen LogP contribution >= 0.6 is 0 Å². The largest absolute Gasteiger partial charge is 0.332 e. The number of hydrogen-bond donors (Lipinski definition) is 0. The van der Waals surface area contributed by atoms with Gasteiger partial charge in [0.25, 0.3) is 5.91 Å². The number of carbonyl (C=O) groups excluding carboxylic acids is 1. The molecule has 0 saturated carbocycles. The first-order valence-electron chi connectivity index (χ1n) is 11.6. The van der Waals surface area contributed by atoms with Crippen LogP contribution in [0.4, 0.5) is 0 Å². The molecule has 33 heavy (non-hydrogen) atoms. The van der Waals surface area contributed by atoms with E-state index in [0.717, 1.165) is 24.9 Å². The topological polar surface area (TPSA) is 38.1 Å². The van der Waals surface area contributed by atoms with E-state index in [1.165, 1.54) is 11.1 Å². The SMILES string of the molecule is CC(c1ccccc1)(c1ccccc1)[C@@H]1CCCN1C(=O)c1nccn1Cc1ccccc1. The van der Waals surface area contributed by atoms with E-state index in [1.54, 1.807) is 6.20 Å². The second kappa shape index (κ2) is 9.07. The Morgan fingerprint density at radius 2 is 1.48 bits per heavy atom. The van der Waals surface area contributed by atoms with Gasteiger partial charge < -0.3 is 9.47 Å². The molecule has 166 valence electrons. The van der Waals surface area contributed by atoms with Crippen LogP contribution in [0.25, 0.3) is 0 Å². The minimum atomic E-state index is -0.314. The number of benzene rings is 3. The van der Waals surface area contributed by atoms with Crippen molar-refractivity contribution in [1.29, 1.82) is 0 Å². The van der Waals surface area contributed by atoms with E-state index in [-0.39, 0.29) is 17.4 Å². The van der Waals surface area contributed by atoms with E-state index >= 15 is 0 Å². The summed E-state index contributed by atoms with van der Waals surface area (Å²) in [6.07, 6.45) is 5.59. The Morgan fingerprint density at radius 3 is 2.09 bits per heavy atom. The van der Waals surface area contributed by atoms with E-state index in [0.29, 0.717) is 12.4 Å². The Hall–Kier alpha value is -3.66. The number of nitrogens with zero attached hydrogens (tertiary/aromatic N) is 3. The van der Waals surface area contributed by atoms with Gasteiger partial charge >= 0.3 is 0 Å². The monoisotopic (exact) mass is 435 g/mol. The molecule has 4 aromatic rings. The van der Waals surface area contributed by atoms with Gasteiger partial charge in [0.1, 0.15) is 0 Å². The zero-order chi connectivity index (χ0) is 22.7. The molecule has 2 heterocycles. The summed E-state index contributed by atoms with van der Waals surface area (Å²) in [5, 5.41) is 0. The van der Waals surface area contributed by atoms with Crippen LogP contribution in [-0.4, -0.2) is 32.9 Å². The Bertz CT molecular complexity index is 1160. The van der Waals surface area contributed by atoms with Gasteiger partial charge in [0, 0.05) is 36.9 Å². The number of likely N-dealkylation sites (tertiary alicyclic amines) is 1. The highest BCUT2D eigenvalue weighted by Crippen LogP contribution is 2.42. The van der Waals surface area contributed by atoms with Gasteiger partial charge in [-0.1, -0.05) is 91.0 Å². The number of imidazole rings is 1. The van der Waals surface area contributed by atoms with E-state index in [1.807, 2.05) is 41.1 Å². The number of carbonyl (C=O) groups is 1. The molecule has 0 aliphatic carbocycles. The van der Waals surface area contributed by atoms with Gasteiger partial charge in [-0.15, -0.1) is 0 Å². The van der Waals surface area contributed by atoms with Gasteiger partial charge in [0.05, 0.1) is 0 Å². The molecule has 1 fully saturated rings. The van der Waals surface area contributed by atoms with Crippen molar-refractivity contribution in [3.05, 3.63) is 126 Å². The van der Waals surface area contributed by atoms with E-state index < -0.39 is 0 Å². The molecule has 4 nitrogen and oxygen atoms in total. The second-order valence-electron chi connectivity index (χ2n) is 8.96. The zero-order valence-corrected chi connectivity index (χ0v) is 19.0. The molecule has 0 radical (unpaired) electrons. The summed E-state index contributed by atoms with van der Waals surface area (Å²) in [4.78, 5) is 20.4. The lowest BCUT2D eigenvalue weighted by atomic mass is 9.69. The van der Waals surface area contributed by atoms with Gasteiger partial charge in [0.2, 0.25) is 0 Å². The average Bonchev–Trinajstić information content (AvgIpc) is 3.55. The van der Waals surface area contributed by atoms with Crippen LogP contribution in [-0.2, 0) is 12.0 Å². The van der Waals surface area contributed by atoms with Crippen LogP contribution in [0.3, 0.4) is 0 Å². The molecule has 1 saturated heterocycles. The molecule has 1 aromatic heterocycles. The molecule has 4 heteroatoms. The molecule has 1 atom stereocenters. The molecule has 1 amide bonds. The molecule has 0 N–H and O–H groups in total. The summed E-state index contributed by atoms with van der Waals surface area (Å²) in [5.41, 5.74) is 3.30. The molecule has 1 aliphatic heterocycles. The predicted octanol–water partition coefficient (Wildman–Crippen LogP) is 5.54. The molecular formula is C29H29N3O. The van der Waals surface area contributed by atoms with Crippen LogP contribution in [0.2, 0.25) is 0 Å². The van der Waals surface area contributed by atoms with E-state index in [4.69, 9.17) is 0 Å². The van der Waals surface area contributed by atoms with Crippen LogP contribution < -0.4 is 0 Å². The minimum absolute atomic E-state index is 0.0107. The molecular weight excluding hydrogens is 406 g/mol. The van der Waals surface area contributed by atoms with Crippen LogP contribution in [0.5, 0.6) is 0 Å². The van der Waals surface area contributed by atoms with Crippen LogP contribution in [0, 0.1) is 0 Å². The van der Waals surface area contributed by atoms with Crippen molar-refractivity contribution in [3.63, 3.8) is 0 Å². The lowest BCUT2D eigenvalue weighted by Crippen LogP contribution is -2.49. The number of hydrogen-bond acceptors (Lipinski definition) is 2. The number of amides is 1. The van der Waals surface area contributed by atoms with Gasteiger partial charge in [-0.05, 0) is 36.5 Å². The van der Waals surface area contributed by atoms with Gasteiger partial charge in [-0.2, -0.15) is 0 Å². The summed E-state index contributed by atoms with van der Waals surface area (Å²) < 4.78 is 1.97. The first kappa shape index (κ1) is 21.2. The Kier molecular flexibility index (Phi) is 5.82. The summed E-state index contributed by atoms with van der Waals surface area (Å²) in [7, 11) is 0. The highest BCUT2D eigenvalue weighted by molar-refractivity contribution is 5.91. The quantitative estimate of drug-likeness (QED) is 0.399. The third-order valence-electron chi connectivity index (χ3n) is 7.03. The van der Waals surface area contributed by atoms with Crippen molar-refractivity contribution in [3.8, 4) is 0 Å². The number of rotatable bonds is 6. The first-order valence-corrected chi connectivity index (χ1v) is 11.6. The molecule has 5 rings (SSSR count). The fourth-order valence-corrected chi connectivity index (χ4v) is 5.27. The molecule has 1 aliphatic rings. The maximum absolute atomic E-state index is 13.9. The Morgan fingerprint density at radius 1 is 0.909 bits per heavy atom. The lowest BCUT2D eigenvalue weighted by Gasteiger charge is -2.41. The van der Waals surface area contributed by atoms with Crippen molar-refractivity contribution in [2.24, 2.45) is 0 Å². The Balaban J connectivity index is 1.51. The van der Waals surface area contributed by atoms with Gasteiger partial charge in [-0.3, -0.25) is 4.79 Å². The third-order valence-corrected chi connectivity index (χ3v) is 7.03. The Labute approximate surface area is 195 Å². The molecule has 3 aromatic carbocycles. The molecule has 0 unspecified atom stereocenters. The normalized spacial score (nSPS) is 16.2. The molecule has 0 bridgehead atoms.